The molecule has 0 saturated carbocycles. The lowest BCUT2D eigenvalue weighted by atomic mass is 10.3. The van der Waals surface area contributed by atoms with Gasteiger partial charge in [0.1, 0.15) is 5.75 Å². The number of nitrogens with zero attached hydrogens (tertiary/aromatic N) is 2. The standard InChI is InChI=1S/C15H17N5O6S/c1-9-7-12(25-3)18-13(17-9)19-14(21)20-27(23,24)11-6-4-5-10(8-11)26-15(22)16-2/h4-8H,1-3H3,(H,16,22)(H2,17,18,19,20,21). The van der Waals surface area contributed by atoms with Gasteiger partial charge >= 0.3 is 12.1 Å². The van der Waals surface area contributed by atoms with Gasteiger partial charge < -0.3 is 14.8 Å². The van der Waals surface area contributed by atoms with Crippen molar-refractivity contribution < 1.29 is 27.5 Å². The highest BCUT2D eigenvalue weighted by Gasteiger charge is 2.19. The number of urea groups is 1. The van der Waals surface area contributed by atoms with E-state index in [0.29, 0.717) is 5.69 Å². The van der Waals surface area contributed by atoms with Crippen LogP contribution in [-0.2, 0) is 10.0 Å². The van der Waals surface area contributed by atoms with Gasteiger partial charge in [-0.05, 0) is 19.1 Å². The number of anilines is 1. The van der Waals surface area contributed by atoms with Crippen molar-refractivity contribution in [1.82, 2.24) is 20.0 Å². The van der Waals surface area contributed by atoms with Crippen molar-refractivity contribution >= 4 is 28.1 Å². The van der Waals surface area contributed by atoms with Crippen LogP contribution in [0.4, 0.5) is 15.5 Å². The number of benzene rings is 1. The van der Waals surface area contributed by atoms with Crippen LogP contribution in [0.5, 0.6) is 11.6 Å². The minimum atomic E-state index is -4.23. The van der Waals surface area contributed by atoms with E-state index in [2.05, 4.69) is 20.6 Å². The molecule has 1 heterocycles. The van der Waals surface area contributed by atoms with Gasteiger partial charge in [0.05, 0.1) is 12.0 Å². The third-order valence-electron chi connectivity index (χ3n) is 3.02. The molecule has 144 valence electrons. The molecule has 2 aromatic rings. The monoisotopic (exact) mass is 395 g/mol. The zero-order chi connectivity index (χ0) is 20.0. The molecule has 0 saturated heterocycles. The van der Waals surface area contributed by atoms with E-state index in [1.807, 2.05) is 4.72 Å². The second-order valence-electron chi connectivity index (χ2n) is 5.05. The Morgan fingerprint density at radius 1 is 1.15 bits per heavy atom. The van der Waals surface area contributed by atoms with Crippen LogP contribution in [0.2, 0.25) is 0 Å². The van der Waals surface area contributed by atoms with Crippen molar-refractivity contribution in [2.75, 3.05) is 19.5 Å². The summed E-state index contributed by atoms with van der Waals surface area (Å²) in [6, 6.07) is 5.55. The number of aromatic nitrogens is 2. The van der Waals surface area contributed by atoms with E-state index in [-0.39, 0.29) is 22.5 Å². The Hall–Kier alpha value is -3.41. The summed E-state index contributed by atoms with van der Waals surface area (Å²) >= 11 is 0. The van der Waals surface area contributed by atoms with Crippen molar-refractivity contribution in [2.24, 2.45) is 0 Å². The first-order valence-corrected chi connectivity index (χ1v) is 8.95. The molecule has 12 heteroatoms. The van der Waals surface area contributed by atoms with Crippen molar-refractivity contribution in [2.45, 2.75) is 11.8 Å². The lowest BCUT2D eigenvalue weighted by molar-refractivity contribution is 0.203. The number of nitrogens with one attached hydrogen (secondary N) is 3. The van der Waals surface area contributed by atoms with Gasteiger partial charge in [-0.2, -0.15) is 4.98 Å². The van der Waals surface area contributed by atoms with Gasteiger partial charge in [0.2, 0.25) is 11.8 Å². The summed E-state index contributed by atoms with van der Waals surface area (Å²) in [5, 5.41) is 4.44. The summed E-state index contributed by atoms with van der Waals surface area (Å²) in [5.74, 6) is 0.0698. The molecule has 0 fully saturated rings. The van der Waals surface area contributed by atoms with Crippen molar-refractivity contribution in [3.8, 4) is 11.6 Å². The predicted octanol–water partition coefficient (Wildman–Crippen LogP) is 1.02. The van der Waals surface area contributed by atoms with Crippen LogP contribution in [0.25, 0.3) is 0 Å². The fraction of sp³-hybridized carbons (Fsp3) is 0.200. The smallest absolute Gasteiger partial charge is 0.412 e. The third kappa shape index (κ3) is 5.54. The molecule has 0 unspecified atom stereocenters. The highest BCUT2D eigenvalue weighted by Crippen LogP contribution is 2.18. The molecule has 0 aliphatic heterocycles. The first kappa shape index (κ1) is 19.9. The van der Waals surface area contributed by atoms with E-state index in [9.17, 15) is 18.0 Å². The van der Waals surface area contributed by atoms with E-state index < -0.39 is 22.1 Å². The Labute approximate surface area is 155 Å². The molecule has 3 amide bonds. The molecule has 0 bridgehead atoms. The van der Waals surface area contributed by atoms with Crippen molar-refractivity contribution in [3.05, 3.63) is 36.0 Å². The molecule has 11 nitrogen and oxygen atoms in total. The predicted molar refractivity (Wildman–Crippen MR) is 94.2 cm³/mol. The SMILES string of the molecule is CNC(=O)Oc1cccc(S(=O)(=O)NC(=O)Nc2nc(C)cc(OC)n2)c1. The number of carbonyl (C=O) groups excluding carboxylic acids is 2. The van der Waals surface area contributed by atoms with Crippen LogP contribution >= 0.6 is 0 Å². The maximum atomic E-state index is 12.3. The Morgan fingerprint density at radius 2 is 1.89 bits per heavy atom. The first-order chi connectivity index (χ1) is 12.7. The van der Waals surface area contributed by atoms with E-state index in [1.54, 1.807) is 6.92 Å². The summed E-state index contributed by atoms with van der Waals surface area (Å²) < 4.78 is 36.3. The zero-order valence-electron chi connectivity index (χ0n) is 14.6. The van der Waals surface area contributed by atoms with E-state index in [1.165, 1.54) is 38.4 Å². The number of amides is 3. The fourth-order valence-electron chi connectivity index (χ4n) is 1.87. The highest BCUT2D eigenvalue weighted by molar-refractivity contribution is 7.90. The first-order valence-electron chi connectivity index (χ1n) is 7.46. The summed E-state index contributed by atoms with van der Waals surface area (Å²) in [5.41, 5.74) is 0.513. The van der Waals surface area contributed by atoms with Crippen molar-refractivity contribution in [3.63, 3.8) is 0 Å². The van der Waals surface area contributed by atoms with Crippen LogP contribution in [0.1, 0.15) is 5.69 Å². The van der Waals surface area contributed by atoms with Gasteiger partial charge in [0.25, 0.3) is 10.0 Å². The molecule has 0 aliphatic rings. The Morgan fingerprint density at radius 3 is 2.56 bits per heavy atom. The zero-order valence-corrected chi connectivity index (χ0v) is 15.5. The van der Waals surface area contributed by atoms with Crippen LogP contribution in [0.3, 0.4) is 0 Å². The van der Waals surface area contributed by atoms with Crippen LogP contribution in [0, 0.1) is 6.92 Å². The molecule has 2 rings (SSSR count). The largest absolute Gasteiger partial charge is 0.481 e. The number of hydrogen-bond donors (Lipinski definition) is 3. The van der Waals surface area contributed by atoms with Gasteiger partial charge in [-0.15, -0.1) is 0 Å². The Kier molecular flexibility index (Phi) is 6.13. The lowest BCUT2D eigenvalue weighted by Crippen LogP contribution is -2.35. The van der Waals surface area contributed by atoms with Crippen LogP contribution in [-0.4, -0.2) is 44.7 Å². The van der Waals surface area contributed by atoms with E-state index in [0.717, 1.165) is 6.07 Å². The average molecular weight is 395 g/mol. The van der Waals surface area contributed by atoms with Gasteiger partial charge in [0.15, 0.2) is 0 Å². The molecular formula is C15H17N5O6S. The molecule has 1 aromatic carbocycles. The van der Waals surface area contributed by atoms with E-state index in [4.69, 9.17) is 9.47 Å². The van der Waals surface area contributed by atoms with Gasteiger partial charge in [-0.3, -0.25) is 5.32 Å². The number of sulfonamides is 1. The topological polar surface area (TPSA) is 149 Å². The Bertz CT molecular complexity index is 963. The number of carbonyl (C=O) groups is 2. The molecule has 27 heavy (non-hydrogen) atoms. The average Bonchev–Trinajstić information content (AvgIpc) is 2.60. The Balaban J connectivity index is 2.14. The second-order valence-corrected chi connectivity index (χ2v) is 6.73. The summed E-state index contributed by atoms with van der Waals surface area (Å²) in [6.07, 6.45) is -0.763. The number of ether oxygens (including phenoxy) is 2. The summed E-state index contributed by atoms with van der Waals surface area (Å²) in [4.78, 5) is 30.8. The molecule has 0 radical (unpaired) electrons. The third-order valence-corrected chi connectivity index (χ3v) is 4.35. The number of aryl methyl sites for hydroxylation is 1. The molecule has 3 N–H and O–H groups in total. The number of rotatable bonds is 5. The quantitative estimate of drug-likeness (QED) is 0.679. The minimum absolute atomic E-state index is 0.00983. The molecule has 0 atom stereocenters. The van der Waals surface area contributed by atoms with E-state index >= 15 is 0 Å². The lowest BCUT2D eigenvalue weighted by Gasteiger charge is -2.10. The fourth-order valence-corrected chi connectivity index (χ4v) is 2.81. The van der Waals surface area contributed by atoms with Crippen LogP contribution < -0.4 is 24.8 Å². The molecule has 1 aromatic heterocycles. The molecule has 0 aliphatic carbocycles. The normalized spacial score (nSPS) is 10.6. The summed E-state index contributed by atoms with van der Waals surface area (Å²) in [6.45, 7) is 1.65. The number of hydrogen-bond acceptors (Lipinski definition) is 8. The van der Waals surface area contributed by atoms with Crippen molar-refractivity contribution in [1.29, 1.82) is 0 Å². The minimum Gasteiger partial charge on any atom is -0.481 e. The highest BCUT2D eigenvalue weighted by atomic mass is 32.2. The second kappa shape index (κ2) is 8.31. The van der Waals surface area contributed by atoms with Crippen LogP contribution in [0.15, 0.2) is 35.2 Å². The van der Waals surface area contributed by atoms with Gasteiger partial charge in [-0.1, -0.05) is 6.07 Å². The van der Waals surface area contributed by atoms with Gasteiger partial charge in [0, 0.05) is 24.9 Å². The number of methoxy groups -OCH3 is 1. The maximum absolute atomic E-state index is 12.3. The molecular weight excluding hydrogens is 378 g/mol. The molecule has 0 spiro atoms. The maximum Gasteiger partial charge on any atom is 0.412 e. The summed E-state index contributed by atoms with van der Waals surface area (Å²) in [7, 11) is -1.48. The van der Waals surface area contributed by atoms with Gasteiger partial charge in [-0.25, -0.2) is 27.7 Å².